The van der Waals surface area contributed by atoms with Gasteiger partial charge in [0.15, 0.2) is 18.2 Å². The number of carbonyl (C=O) groups excluding carboxylic acids is 1. The molecule has 5 nitrogen and oxygen atoms in total. The van der Waals surface area contributed by atoms with Gasteiger partial charge in [-0.2, -0.15) is 0 Å². The fourth-order valence-electron chi connectivity index (χ4n) is 2.29. The minimum Gasteiger partial charge on any atom is -0.481 e. The molecule has 1 amide bonds. The lowest BCUT2D eigenvalue weighted by Crippen LogP contribution is -2.40. The molecule has 6 heteroatoms. The molecule has 1 aromatic heterocycles. The van der Waals surface area contributed by atoms with Gasteiger partial charge in [0.1, 0.15) is 17.1 Å². The van der Waals surface area contributed by atoms with Crippen molar-refractivity contribution in [1.82, 2.24) is 5.32 Å². The molecule has 1 unspecified atom stereocenters. The van der Waals surface area contributed by atoms with E-state index in [1.54, 1.807) is 32.9 Å². The molecule has 1 aromatic carbocycles. The van der Waals surface area contributed by atoms with Gasteiger partial charge in [-0.25, -0.2) is 4.39 Å². The Morgan fingerprint density at radius 3 is 2.70 bits per heavy atom. The number of hydrogen-bond donors (Lipinski definition) is 2. The zero-order valence-electron chi connectivity index (χ0n) is 13.4. The maximum atomic E-state index is 13.4. The third kappa shape index (κ3) is 4.32. The first-order valence-corrected chi connectivity index (χ1v) is 7.23. The Kier molecular flexibility index (Phi) is 5.05. The highest BCUT2D eigenvalue weighted by Crippen LogP contribution is 2.26. The minimum absolute atomic E-state index is 0.00766. The lowest BCUT2D eigenvalue weighted by Gasteiger charge is -2.23. The Morgan fingerprint density at radius 1 is 1.39 bits per heavy atom. The summed E-state index contributed by atoms with van der Waals surface area (Å²) < 4.78 is 23.9. The quantitative estimate of drug-likeness (QED) is 0.857. The number of ether oxygens (including phenoxy) is 1. The van der Waals surface area contributed by atoms with Crippen molar-refractivity contribution in [3.63, 3.8) is 0 Å². The van der Waals surface area contributed by atoms with Crippen LogP contribution in [-0.4, -0.2) is 24.2 Å². The second-order valence-electron chi connectivity index (χ2n) is 5.60. The van der Waals surface area contributed by atoms with E-state index in [2.05, 4.69) is 5.32 Å². The maximum absolute atomic E-state index is 13.4. The van der Waals surface area contributed by atoms with Crippen LogP contribution in [0.25, 0.3) is 0 Å². The van der Waals surface area contributed by atoms with Gasteiger partial charge in [-0.05, 0) is 39.0 Å². The van der Waals surface area contributed by atoms with Crippen LogP contribution in [0.5, 0.6) is 5.75 Å². The van der Waals surface area contributed by atoms with Crippen molar-refractivity contribution in [1.29, 1.82) is 0 Å². The summed E-state index contributed by atoms with van der Waals surface area (Å²) in [4.78, 5) is 11.8. The van der Waals surface area contributed by atoms with E-state index in [-0.39, 0.29) is 18.9 Å². The van der Waals surface area contributed by atoms with Crippen LogP contribution in [0.2, 0.25) is 0 Å². The van der Waals surface area contributed by atoms with E-state index in [0.717, 1.165) is 0 Å². The SMILES string of the molecule is Cc1cc(C(C)(O)CNC(=O)COc2ccccc2F)c(C)o1. The molecule has 0 aliphatic carbocycles. The number of furan rings is 1. The molecule has 0 saturated heterocycles. The summed E-state index contributed by atoms with van der Waals surface area (Å²) >= 11 is 0. The average Bonchev–Trinajstić information content (AvgIpc) is 2.84. The number of carbonyl (C=O) groups is 1. The van der Waals surface area contributed by atoms with E-state index in [0.29, 0.717) is 17.1 Å². The lowest BCUT2D eigenvalue weighted by molar-refractivity contribution is -0.124. The molecule has 0 saturated carbocycles. The molecule has 124 valence electrons. The van der Waals surface area contributed by atoms with E-state index in [1.165, 1.54) is 18.2 Å². The Labute approximate surface area is 134 Å². The fraction of sp³-hybridized carbons (Fsp3) is 0.353. The number of aliphatic hydroxyl groups is 1. The first kappa shape index (κ1) is 17.0. The Bertz CT molecular complexity index is 694. The Balaban J connectivity index is 1.89. The third-order valence-electron chi connectivity index (χ3n) is 3.45. The Morgan fingerprint density at radius 2 is 2.09 bits per heavy atom. The molecule has 0 fully saturated rings. The largest absolute Gasteiger partial charge is 0.481 e. The number of rotatable bonds is 6. The highest BCUT2D eigenvalue weighted by atomic mass is 19.1. The van der Waals surface area contributed by atoms with Crippen molar-refractivity contribution in [3.8, 4) is 5.75 Å². The van der Waals surface area contributed by atoms with Crippen LogP contribution >= 0.6 is 0 Å². The lowest BCUT2D eigenvalue weighted by atomic mass is 9.96. The molecule has 23 heavy (non-hydrogen) atoms. The van der Waals surface area contributed by atoms with Gasteiger partial charge in [-0.15, -0.1) is 0 Å². The predicted molar refractivity (Wildman–Crippen MR) is 82.7 cm³/mol. The van der Waals surface area contributed by atoms with Gasteiger partial charge in [0, 0.05) is 5.56 Å². The van der Waals surface area contributed by atoms with Crippen LogP contribution < -0.4 is 10.1 Å². The van der Waals surface area contributed by atoms with Gasteiger partial charge in [0.25, 0.3) is 5.91 Å². The molecule has 0 bridgehead atoms. The van der Waals surface area contributed by atoms with Crippen molar-refractivity contribution >= 4 is 5.91 Å². The zero-order valence-corrected chi connectivity index (χ0v) is 13.4. The number of halogens is 1. The van der Waals surface area contributed by atoms with Gasteiger partial charge in [-0.3, -0.25) is 4.79 Å². The molecular weight excluding hydrogens is 301 g/mol. The van der Waals surface area contributed by atoms with E-state index in [1.807, 2.05) is 0 Å². The van der Waals surface area contributed by atoms with E-state index in [4.69, 9.17) is 9.15 Å². The molecule has 2 N–H and O–H groups in total. The van der Waals surface area contributed by atoms with Crippen LogP contribution in [0, 0.1) is 19.7 Å². The topological polar surface area (TPSA) is 71.7 Å². The average molecular weight is 321 g/mol. The second kappa shape index (κ2) is 6.83. The normalized spacial score (nSPS) is 13.4. The predicted octanol–water partition coefficient (Wildman–Crippen LogP) is 2.44. The smallest absolute Gasteiger partial charge is 0.258 e. The molecule has 2 aromatic rings. The zero-order chi connectivity index (χ0) is 17.0. The van der Waals surface area contributed by atoms with Crippen LogP contribution in [0.4, 0.5) is 4.39 Å². The van der Waals surface area contributed by atoms with E-state index < -0.39 is 17.3 Å². The summed E-state index contributed by atoms with van der Waals surface area (Å²) in [6.07, 6.45) is 0. The second-order valence-corrected chi connectivity index (χ2v) is 5.60. The monoisotopic (exact) mass is 321 g/mol. The molecular formula is C17H20FNO4. The van der Waals surface area contributed by atoms with E-state index >= 15 is 0 Å². The van der Waals surface area contributed by atoms with Crippen molar-refractivity contribution in [2.24, 2.45) is 0 Å². The van der Waals surface area contributed by atoms with Crippen molar-refractivity contribution in [2.45, 2.75) is 26.4 Å². The molecule has 0 radical (unpaired) electrons. The van der Waals surface area contributed by atoms with Crippen LogP contribution in [-0.2, 0) is 10.4 Å². The van der Waals surface area contributed by atoms with Crippen molar-refractivity contribution in [2.75, 3.05) is 13.2 Å². The Hall–Kier alpha value is -2.34. The number of aryl methyl sites for hydroxylation is 2. The number of para-hydroxylation sites is 1. The van der Waals surface area contributed by atoms with Crippen molar-refractivity contribution < 1.29 is 23.4 Å². The molecule has 0 aliphatic rings. The van der Waals surface area contributed by atoms with Crippen LogP contribution in [0.3, 0.4) is 0 Å². The standard InChI is InChI=1S/C17H20FNO4/c1-11-8-13(12(2)23-11)17(3,21)10-19-16(20)9-22-15-7-5-4-6-14(15)18/h4-8,21H,9-10H2,1-3H3,(H,19,20). The summed E-state index contributed by atoms with van der Waals surface area (Å²) in [5.74, 6) is 0.315. The van der Waals surface area contributed by atoms with Crippen LogP contribution in [0.15, 0.2) is 34.7 Å². The molecule has 1 heterocycles. The van der Waals surface area contributed by atoms with Gasteiger partial charge in [-0.1, -0.05) is 12.1 Å². The number of amides is 1. The molecule has 2 rings (SSSR count). The van der Waals surface area contributed by atoms with Gasteiger partial charge < -0.3 is 19.6 Å². The number of benzene rings is 1. The number of hydrogen-bond acceptors (Lipinski definition) is 4. The fourth-order valence-corrected chi connectivity index (χ4v) is 2.29. The molecule has 0 spiro atoms. The summed E-state index contributed by atoms with van der Waals surface area (Å²) in [7, 11) is 0. The summed E-state index contributed by atoms with van der Waals surface area (Å²) in [5.41, 5.74) is -0.652. The molecule has 0 aliphatic heterocycles. The van der Waals surface area contributed by atoms with Gasteiger partial charge in [0.2, 0.25) is 0 Å². The first-order valence-electron chi connectivity index (χ1n) is 7.23. The van der Waals surface area contributed by atoms with Gasteiger partial charge >= 0.3 is 0 Å². The summed E-state index contributed by atoms with van der Waals surface area (Å²) in [5, 5.41) is 13.1. The minimum atomic E-state index is -1.27. The first-order chi connectivity index (χ1) is 10.8. The highest BCUT2D eigenvalue weighted by Gasteiger charge is 2.28. The summed E-state index contributed by atoms with van der Waals surface area (Å²) in [6.45, 7) is 4.78. The third-order valence-corrected chi connectivity index (χ3v) is 3.45. The van der Waals surface area contributed by atoms with E-state index in [9.17, 15) is 14.3 Å². The maximum Gasteiger partial charge on any atom is 0.258 e. The summed E-state index contributed by atoms with van der Waals surface area (Å²) in [6, 6.07) is 7.58. The highest BCUT2D eigenvalue weighted by molar-refractivity contribution is 5.77. The number of nitrogens with one attached hydrogen (secondary N) is 1. The van der Waals surface area contributed by atoms with Crippen molar-refractivity contribution in [3.05, 3.63) is 53.2 Å². The van der Waals surface area contributed by atoms with Crippen LogP contribution in [0.1, 0.15) is 24.0 Å². The molecule has 1 atom stereocenters. The van der Waals surface area contributed by atoms with Gasteiger partial charge in [0.05, 0.1) is 6.54 Å².